The molecular weight excluding hydrogens is 228 g/mol. The maximum atomic E-state index is 11.3. The van der Waals surface area contributed by atoms with Crippen LogP contribution in [-0.2, 0) is 14.8 Å². The van der Waals surface area contributed by atoms with Crippen LogP contribution in [0.5, 0.6) is 0 Å². The van der Waals surface area contributed by atoms with Crippen molar-refractivity contribution in [1.29, 1.82) is 0 Å². The van der Waals surface area contributed by atoms with Crippen LogP contribution in [0.2, 0.25) is 0 Å². The number of hydrogen-bond donors (Lipinski definition) is 1. The lowest BCUT2D eigenvalue weighted by atomic mass is 10.3. The van der Waals surface area contributed by atoms with Gasteiger partial charge in [0.15, 0.2) is 0 Å². The molecule has 1 aromatic carbocycles. The van der Waals surface area contributed by atoms with E-state index in [0.717, 1.165) is 0 Å². The van der Waals surface area contributed by atoms with Crippen molar-refractivity contribution in [2.75, 3.05) is 11.9 Å². The van der Waals surface area contributed by atoms with Crippen LogP contribution < -0.4 is 10.0 Å². The van der Waals surface area contributed by atoms with Gasteiger partial charge in [0.1, 0.15) is 0 Å². The summed E-state index contributed by atoms with van der Waals surface area (Å²) < 4.78 is 22.0. The summed E-state index contributed by atoms with van der Waals surface area (Å²) in [6.45, 7) is 3.36. The number of sulfonamides is 1. The fourth-order valence-corrected chi connectivity index (χ4v) is 1.64. The Kier molecular flexibility index (Phi) is 3.46. The zero-order valence-corrected chi connectivity index (χ0v) is 9.57. The van der Waals surface area contributed by atoms with Gasteiger partial charge in [-0.3, -0.25) is 4.79 Å². The molecule has 0 radical (unpaired) electrons. The van der Waals surface area contributed by atoms with E-state index in [4.69, 9.17) is 5.14 Å². The zero-order chi connectivity index (χ0) is 12.3. The molecule has 16 heavy (non-hydrogen) atoms. The Morgan fingerprint density at radius 1 is 1.38 bits per heavy atom. The summed E-state index contributed by atoms with van der Waals surface area (Å²) in [6, 6.07) is 5.69. The molecule has 0 heterocycles. The van der Waals surface area contributed by atoms with Crippen molar-refractivity contribution >= 4 is 21.6 Å². The van der Waals surface area contributed by atoms with E-state index in [2.05, 4.69) is 6.58 Å². The number of rotatable bonds is 3. The van der Waals surface area contributed by atoms with E-state index in [1.807, 2.05) is 0 Å². The first-order valence-electron chi connectivity index (χ1n) is 4.39. The number of primary sulfonamides is 1. The van der Waals surface area contributed by atoms with Gasteiger partial charge < -0.3 is 4.90 Å². The van der Waals surface area contributed by atoms with Gasteiger partial charge in [0.2, 0.25) is 15.9 Å². The summed E-state index contributed by atoms with van der Waals surface area (Å²) in [5, 5.41) is 4.94. The third-order valence-electron chi connectivity index (χ3n) is 2.06. The summed E-state index contributed by atoms with van der Waals surface area (Å²) in [6.07, 6.45) is 1.17. The van der Waals surface area contributed by atoms with Gasteiger partial charge in [0.25, 0.3) is 0 Å². The molecule has 1 aromatic rings. The van der Waals surface area contributed by atoms with Gasteiger partial charge in [-0.2, -0.15) is 0 Å². The van der Waals surface area contributed by atoms with Crippen molar-refractivity contribution in [2.45, 2.75) is 4.90 Å². The number of nitrogens with two attached hydrogens (primary N) is 1. The summed E-state index contributed by atoms with van der Waals surface area (Å²) in [7, 11) is -2.13. The van der Waals surface area contributed by atoms with Crippen molar-refractivity contribution in [3.63, 3.8) is 0 Å². The number of carbonyl (C=O) groups is 1. The van der Waals surface area contributed by atoms with E-state index >= 15 is 0 Å². The largest absolute Gasteiger partial charge is 0.312 e. The molecule has 2 N–H and O–H groups in total. The van der Waals surface area contributed by atoms with Crippen LogP contribution in [0.15, 0.2) is 41.8 Å². The van der Waals surface area contributed by atoms with Crippen LogP contribution in [0.3, 0.4) is 0 Å². The Bertz CT molecular complexity index is 505. The highest BCUT2D eigenvalue weighted by Gasteiger charge is 2.10. The fraction of sp³-hybridized carbons (Fsp3) is 0.100. The second kappa shape index (κ2) is 4.46. The van der Waals surface area contributed by atoms with Crippen LogP contribution in [0.4, 0.5) is 5.69 Å². The standard InChI is InChI=1S/C10H12N2O3S/c1-3-10(13)12(2)8-4-6-9(7-5-8)16(11,14)15/h3-7H,1H2,2H3,(H2,11,14,15). The van der Waals surface area contributed by atoms with Gasteiger partial charge in [0, 0.05) is 12.7 Å². The molecule has 0 saturated heterocycles. The van der Waals surface area contributed by atoms with Gasteiger partial charge in [-0.05, 0) is 30.3 Å². The van der Waals surface area contributed by atoms with E-state index in [1.54, 1.807) is 7.05 Å². The summed E-state index contributed by atoms with van der Waals surface area (Å²) in [4.78, 5) is 12.6. The average molecular weight is 240 g/mol. The molecule has 0 atom stereocenters. The molecule has 0 bridgehead atoms. The van der Waals surface area contributed by atoms with Gasteiger partial charge in [0.05, 0.1) is 4.90 Å². The van der Waals surface area contributed by atoms with Gasteiger partial charge in [-0.25, -0.2) is 13.6 Å². The van der Waals surface area contributed by atoms with Crippen LogP contribution in [0, 0.1) is 0 Å². The fourth-order valence-electron chi connectivity index (χ4n) is 1.12. The van der Waals surface area contributed by atoms with Crippen LogP contribution >= 0.6 is 0 Å². The molecule has 1 amide bonds. The minimum absolute atomic E-state index is 0.00991. The third kappa shape index (κ3) is 2.68. The smallest absolute Gasteiger partial charge is 0.250 e. The molecule has 0 spiro atoms. The van der Waals surface area contributed by atoms with Gasteiger partial charge in [-0.15, -0.1) is 0 Å². The Labute approximate surface area is 94.2 Å². The van der Waals surface area contributed by atoms with Crippen molar-refractivity contribution in [3.05, 3.63) is 36.9 Å². The number of amides is 1. The predicted octanol–water partition coefficient (Wildman–Crippen LogP) is 0.483. The molecule has 0 unspecified atom stereocenters. The highest BCUT2D eigenvalue weighted by atomic mass is 32.2. The Morgan fingerprint density at radius 3 is 2.25 bits per heavy atom. The normalized spacial score (nSPS) is 10.9. The molecular formula is C10H12N2O3S. The zero-order valence-electron chi connectivity index (χ0n) is 8.75. The number of nitrogens with zero attached hydrogens (tertiary/aromatic N) is 1. The Morgan fingerprint density at radius 2 is 1.88 bits per heavy atom. The van der Waals surface area contributed by atoms with Crippen molar-refractivity contribution in [2.24, 2.45) is 5.14 Å². The average Bonchev–Trinajstić information content (AvgIpc) is 2.26. The molecule has 0 aliphatic carbocycles. The molecule has 0 aromatic heterocycles. The lowest BCUT2D eigenvalue weighted by molar-refractivity contribution is -0.113. The Balaban J connectivity index is 3.04. The summed E-state index contributed by atoms with van der Waals surface area (Å²) >= 11 is 0. The first-order valence-corrected chi connectivity index (χ1v) is 5.94. The molecule has 1 rings (SSSR count). The first-order chi connectivity index (χ1) is 7.36. The van der Waals surface area contributed by atoms with Crippen molar-refractivity contribution in [3.8, 4) is 0 Å². The van der Waals surface area contributed by atoms with E-state index in [9.17, 15) is 13.2 Å². The minimum atomic E-state index is -3.69. The van der Waals surface area contributed by atoms with Gasteiger partial charge >= 0.3 is 0 Å². The molecule has 86 valence electrons. The molecule has 0 fully saturated rings. The number of hydrogen-bond acceptors (Lipinski definition) is 3. The monoisotopic (exact) mass is 240 g/mol. The van der Waals surface area contributed by atoms with E-state index in [0.29, 0.717) is 5.69 Å². The molecule has 0 saturated carbocycles. The maximum Gasteiger partial charge on any atom is 0.250 e. The highest BCUT2D eigenvalue weighted by Crippen LogP contribution is 2.16. The number of anilines is 1. The quantitative estimate of drug-likeness (QED) is 0.780. The summed E-state index contributed by atoms with van der Waals surface area (Å²) in [5.74, 6) is -0.275. The predicted molar refractivity (Wildman–Crippen MR) is 61.4 cm³/mol. The van der Waals surface area contributed by atoms with E-state index in [-0.39, 0.29) is 10.8 Å². The van der Waals surface area contributed by atoms with Crippen LogP contribution in [0.25, 0.3) is 0 Å². The van der Waals surface area contributed by atoms with E-state index in [1.165, 1.54) is 35.2 Å². The van der Waals surface area contributed by atoms with Crippen LogP contribution in [-0.4, -0.2) is 21.4 Å². The van der Waals surface area contributed by atoms with Gasteiger partial charge in [-0.1, -0.05) is 6.58 Å². The summed E-state index contributed by atoms with van der Waals surface area (Å²) in [5.41, 5.74) is 0.567. The molecule has 6 heteroatoms. The molecule has 0 aliphatic rings. The third-order valence-corrected chi connectivity index (χ3v) is 2.99. The maximum absolute atomic E-state index is 11.3. The highest BCUT2D eigenvalue weighted by molar-refractivity contribution is 7.89. The molecule has 5 nitrogen and oxygen atoms in total. The number of carbonyl (C=O) groups excluding carboxylic acids is 1. The topological polar surface area (TPSA) is 80.5 Å². The lowest BCUT2D eigenvalue weighted by Gasteiger charge is -2.15. The first kappa shape index (κ1) is 12.4. The second-order valence-corrected chi connectivity index (χ2v) is 4.70. The SMILES string of the molecule is C=CC(=O)N(C)c1ccc(S(N)(=O)=O)cc1. The minimum Gasteiger partial charge on any atom is -0.312 e. The Hall–Kier alpha value is -1.66. The van der Waals surface area contributed by atoms with E-state index < -0.39 is 10.0 Å². The molecule has 0 aliphatic heterocycles. The second-order valence-electron chi connectivity index (χ2n) is 3.14. The van der Waals surface area contributed by atoms with Crippen molar-refractivity contribution < 1.29 is 13.2 Å². The number of likely N-dealkylation sites (N-methyl/N-ethyl adjacent to an activating group) is 1. The van der Waals surface area contributed by atoms with Crippen molar-refractivity contribution in [1.82, 2.24) is 0 Å². The lowest BCUT2D eigenvalue weighted by Crippen LogP contribution is -2.23. The number of benzene rings is 1. The van der Waals surface area contributed by atoms with Crippen LogP contribution in [0.1, 0.15) is 0 Å².